The average molecular weight is 325 g/mol. The quantitative estimate of drug-likeness (QED) is 0.887. The minimum absolute atomic E-state index is 0.109. The van der Waals surface area contributed by atoms with Crippen LogP contribution in [0.4, 0.5) is 0 Å². The Morgan fingerprint density at radius 3 is 2.75 bits per heavy atom. The van der Waals surface area contributed by atoms with Crippen molar-refractivity contribution >= 4 is 5.91 Å². The third-order valence-electron chi connectivity index (χ3n) is 4.37. The van der Waals surface area contributed by atoms with Crippen LogP contribution >= 0.6 is 0 Å². The number of methoxy groups -OCH3 is 1. The summed E-state index contributed by atoms with van der Waals surface area (Å²) >= 11 is 0. The number of benzene rings is 2. The molecule has 3 rings (SSSR count). The Morgan fingerprint density at radius 2 is 2.04 bits per heavy atom. The Kier molecular flexibility index (Phi) is 5.04. The van der Waals surface area contributed by atoms with E-state index in [-0.39, 0.29) is 11.8 Å². The standard InChI is InChI=1S/C20H23NO3/c1-14-4-3-5-15(10-14)8-9-24-19-11-16(6-7-18(19)23-2)17-12-20(22)21-13-17/h3-7,10-11,17H,8-9,12-13H2,1-2H3,(H,21,22). The van der Waals surface area contributed by atoms with E-state index >= 15 is 0 Å². The maximum absolute atomic E-state index is 11.4. The van der Waals surface area contributed by atoms with E-state index in [0.717, 1.165) is 23.5 Å². The largest absolute Gasteiger partial charge is 0.493 e. The summed E-state index contributed by atoms with van der Waals surface area (Å²) in [7, 11) is 1.64. The van der Waals surface area contributed by atoms with Gasteiger partial charge in [-0.15, -0.1) is 0 Å². The second kappa shape index (κ2) is 7.39. The van der Waals surface area contributed by atoms with E-state index < -0.39 is 0 Å². The molecular formula is C20H23NO3. The normalized spacial score (nSPS) is 16.8. The van der Waals surface area contributed by atoms with Crippen molar-refractivity contribution in [3.05, 3.63) is 59.2 Å². The van der Waals surface area contributed by atoms with Gasteiger partial charge in [-0.05, 0) is 30.2 Å². The van der Waals surface area contributed by atoms with E-state index in [0.29, 0.717) is 19.6 Å². The third-order valence-corrected chi connectivity index (χ3v) is 4.37. The highest BCUT2D eigenvalue weighted by molar-refractivity contribution is 5.79. The van der Waals surface area contributed by atoms with Gasteiger partial charge in [0, 0.05) is 25.3 Å². The summed E-state index contributed by atoms with van der Waals surface area (Å²) in [5.74, 6) is 1.78. The lowest BCUT2D eigenvalue weighted by atomic mass is 9.98. The van der Waals surface area contributed by atoms with E-state index in [1.807, 2.05) is 18.2 Å². The van der Waals surface area contributed by atoms with Crippen molar-refractivity contribution < 1.29 is 14.3 Å². The van der Waals surface area contributed by atoms with Crippen LogP contribution in [-0.2, 0) is 11.2 Å². The van der Waals surface area contributed by atoms with Crippen LogP contribution in [0.15, 0.2) is 42.5 Å². The van der Waals surface area contributed by atoms with Crippen molar-refractivity contribution in [2.75, 3.05) is 20.3 Å². The molecule has 1 saturated heterocycles. The minimum Gasteiger partial charge on any atom is -0.493 e. The Morgan fingerprint density at radius 1 is 1.17 bits per heavy atom. The van der Waals surface area contributed by atoms with Gasteiger partial charge in [0.1, 0.15) is 0 Å². The molecule has 4 nitrogen and oxygen atoms in total. The van der Waals surface area contributed by atoms with Gasteiger partial charge in [-0.1, -0.05) is 35.9 Å². The zero-order chi connectivity index (χ0) is 16.9. The molecule has 0 aromatic heterocycles. The van der Waals surface area contributed by atoms with Gasteiger partial charge in [-0.25, -0.2) is 0 Å². The molecule has 1 N–H and O–H groups in total. The van der Waals surface area contributed by atoms with Gasteiger partial charge in [0.05, 0.1) is 13.7 Å². The Hall–Kier alpha value is -2.49. The van der Waals surface area contributed by atoms with Gasteiger partial charge in [0.15, 0.2) is 11.5 Å². The molecule has 126 valence electrons. The van der Waals surface area contributed by atoms with Gasteiger partial charge < -0.3 is 14.8 Å². The Labute approximate surface area is 142 Å². The van der Waals surface area contributed by atoms with Gasteiger partial charge in [-0.3, -0.25) is 4.79 Å². The van der Waals surface area contributed by atoms with Gasteiger partial charge in [-0.2, -0.15) is 0 Å². The smallest absolute Gasteiger partial charge is 0.220 e. The molecule has 24 heavy (non-hydrogen) atoms. The van der Waals surface area contributed by atoms with Crippen LogP contribution in [0.25, 0.3) is 0 Å². The lowest BCUT2D eigenvalue weighted by Crippen LogP contribution is -2.13. The Balaban J connectivity index is 1.68. The number of hydrogen-bond acceptors (Lipinski definition) is 3. The van der Waals surface area contributed by atoms with Gasteiger partial charge >= 0.3 is 0 Å². The van der Waals surface area contributed by atoms with E-state index in [9.17, 15) is 4.79 Å². The molecule has 1 aliphatic rings. The second-order valence-corrected chi connectivity index (χ2v) is 6.20. The maximum Gasteiger partial charge on any atom is 0.220 e. The van der Waals surface area contributed by atoms with Crippen molar-refractivity contribution in [3.8, 4) is 11.5 Å². The molecule has 0 aliphatic carbocycles. The summed E-state index contributed by atoms with van der Waals surface area (Å²) in [5, 5.41) is 2.88. The molecule has 0 saturated carbocycles. The fourth-order valence-corrected chi connectivity index (χ4v) is 3.05. The van der Waals surface area contributed by atoms with Crippen molar-refractivity contribution in [3.63, 3.8) is 0 Å². The average Bonchev–Trinajstić information content (AvgIpc) is 3.01. The van der Waals surface area contributed by atoms with Crippen LogP contribution in [0.3, 0.4) is 0 Å². The lowest BCUT2D eigenvalue weighted by molar-refractivity contribution is -0.119. The predicted octanol–water partition coefficient (Wildman–Crippen LogP) is 3.23. The molecule has 1 heterocycles. The summed E-state index contributed by atoms with van der Waals surface area (Å²) in [5.41, 5.74) is 3.63. The molecule has 0 spiro atoms. The lowest BCUT2D eigenvalue weighted by Gasteiger charge is -2.14. The fourth-order valence-electron chi connectivity index (χ4n) is 3.05. The van der Waals surface area contributed by atoms with Crippen molar-refractivity contribution in [1.82, 2.24) is 5.32 Å². The summed E-state index contributed by atoms with van der Waals surface area (Å²) in [6.45, 7) is 3.37. The zero-order valence-corrected chi connectivity index (χ0v) is 14.2. The summed E-state index contributed by atoms with van der Waals surface area (Å²) in [6, 6.07) is 14.4. The number of aryl methyl sites for hydroxylation is 1. The van der Waals surface area contributed by atoms with E-state index in [1.54, 1.807) is 7.11 Å². The number of carbonyl (C=O) groups is 1. The van der Waals surface area contributed by atoms with Crippen LogP contribution in [0.2, 0.25) is 0 Å². The van der Waals surface area contributed by atoms with Gasteiger partial charge in [0.2, 0.25) is 5.91 Å². The monoisotopic (exact) mass is 325 g/mol. The van der Waals surface area contributed by atoms with Crippen LogP contribution in [0, 0.1) is 6.92 Å². The molecule has 0 radical (unpaired) electrons. The van der Waals surface area contributed by atoms with Crippen molar-refractivity contribution in [2.24, 2.45) is 0 Å². The third kappa shape index (κ3) is 3.88. The fraction of sp³-hybridized carbons (Fsp3) is 0.350. The molecule has 2 aromatic carbocycles. The van der Waals surface area contributed by atoms with Crippen LogP contribution < -0.4 is 14.8 Å². The molecule has 1 amide bonds. The summed E-state index contributed by atoms with van der Waals surface area (Å²) < 4.78 is 11.4. The van der Waals surface area contributed by atoms with E-state index in [2.05, 4.69) is 36.5 Å². The maximum atomic E-state index is 11.4. The molecule has 1 fully saturated rings. The number of rotatable bonds is 6. The Bertz CT molecular complexity index is 727. The highest BCUT2D eigenvalue weighted by Crippen LogP contribution is 2.33. The first-order valence-corrected chi connectivity index (χ1v) is 8.28. The van der Waals surface area contributed by atoms with Crippen LogP contribution in [-0.4, -0.2) is 26.2 Å². The zero-order valence-electron chi connectivity index (χ0n) is 14.2. The molecular weight excluding hydrogens is 302 g/mol. The highest BCUT2D eigenvalue weighted by atomic mass is 16.5. The molecule has 1 aliphatic heterocycles. The molecule has 2 aromatic rings. The van der Waals surface area contributed by atoms with Crippen molar-refractivity contribution in [2.45, 2.75) is 25.7 Å². The second-order valence-electron chi connectivity index (χ2n) is 6.20. The first-order valence-electron chi connectivity index (χ1n) is 8.28. The number of hydrogen-bond donors (Lipinski definition) is 1. The van der Waals surface area contributed by atoms with E-state index in [4.69, 9.17) is 9.47 Å². The van der Waals surface area contributed by atoms with Crippen LogP contribution in [0.1, 0.15) is 29.0 Å². The number of nitrogens with one attached hydrogen (secondary N) is 1. The number of ether oxygens (including phenoxy) is 2. The van der Waals surface area contributed by atoms with Gasteiger partial charge in [0.25, 0.3) is 0 Å². The topological polar surface area (TPSA) is 47.6 Å². The summed E-state index contributed by atoms with van der Waals surface area (Å²) in [6.07, 6.45) is 1.38. The van der Waals surface area contributed by atoms with E-state index in [1.165, 1.54) is 11.1 Å². The molecule has 0 bridgehead atoms. The molecule has 1 atom stereocenters. The first-order chi connectivity index (χ1) is 11.7. The first kappa shape index (κ1) is 16.4. The molecule has 4 heteroatoms. The minimum atomic E-state index is 0.109. The molecule has 1 unspecified atom stereocenters. The predicted molar refractivity (Wildman–Crippen MR) is 93.7 cm³/mol. The summed E-state index contributed by atoms with van der Waals surface area (Å²) in [4.78, 5) is 11.4. The number of carbonyl (C=O) groups excluding carboxylic acids is 1. The number of amides is 1. The van der Waals surface area contributed by atoms with Crippen LogP contribution in [0.5, 0.6) is 11.5 Å². The SMILES string of the molecule is COc1ccc(C2CNC(=O)C2)cc1OCCc1cccc(C)c1. The van der Waals surface area contributed by atoms with Crippen molar-refractivity contribution in [1.29, 1.82) is 0 Å². The highest BCUT2D eigenvalue weighted by Gasteiger charge is 2.23.